The number of dihydropyridines is 1. The monoisotopic (exact) mass is 487 g/mol. The zero-order valence-electron chi connectivity index (χ0n) is 20.8. The summed E-state index contributed by atoms with van der Waals surface area (Å²) in [5.74, 6) is -3.65. The van der Waals surface area contributed by atoms with E-state index in [-0.39, 0.29) is 36.2 Å². The molecule has 1 aromatic carbocycles. The summed E-state index contributed by atoms with van der Waals surface area (Å²) < 4.78 is 20.9. The molecule has 0 unspecified atom stereocenters. The summed E-state index contributed by atoms with van der Waals surface area (Å²) in [6.07, 6.45) is 1.27. The minimum Gasteiger partial charge on any atom is -0.504 e. The van der Waals surface area contributed by atoms with Crippen LogP contribution in [0.5, 0.6) is 11.5 Å². The Morgan fingerprint density at radius 2 is 1.91 bits per heavy atom. The van der Waals surface area contributed by atoms with E-state index in [0.717, 1.165) is 6.42 Å². The molecule has 1 aromatic rings. The second-order valence-corrected chi connectivity index (χ2v) is 8.71. The molecular weight excluding hydrogens is 454 g/mol. The van der Waals surface area contributed by atoms with Crippen molar-refractivity contribution < 1.29 is 38.4 Å². The van der Waals surface area contributed by atoms with E-state index in [1.807, 2.05) is 13.8 Å². The van der Waals surface area contributed by atoms with Gasteiger partial charge in [0.05, 0.1) is 26.4 Å². The molecule has 35 heavy (non-hydrogen) atoms. The van der Waals surface area contributed by atoms with E-state index in [1.165, 1.54) is 20.3 Å². The number of hydrogen-bond donors (Lipinski definition) is 2. The van der Waals surface area contributed by atoms with Crippen molar-refractivity contribution >= 4 is 17.7 Å². The van der Waals surface area contributed by atoms with Gasteiger partial charge in [0.25, 0.3) is 0 Å². The first kappa shape index (κ1) is 26.3. The third-order valence-corrected chi connectivity index (χ3v) is 6.31. The molecule has 9 heteroatoms. The number of aromatic hydroxyl groups is 1. The minimum atomic E-state index is -0.993. The minimum absolute atomic E-state index is 0.0534. The molecule has 0 saturated heterocycles. The van der Waals surface area contributed by atoms with Gasteiger partial charge in [-0.15, -0.1) is 0 Å². The Labute approximate surface area is 205 Å². The molecule has 0 spiro atoms. The molecule has 2 N–H and O–H groups in total. The van der Waals surface area contributed by atoms with Crippen LogP contribution in [-0.2, 0) is 28.6 Å². The Balaban J connectivity index is 2.06. The van der Waals surface area contributed by atoms with Crippen LogP contribution in [0.15, 0.2) is 40.7 Å². The zero-order valence-corrected chi connectivity index (χ0v) is 20.8. The van der Waals surface area contributed by atoms with Gasteiger partial charge in [-0.05, 0) is 43.4 Å². The lowest BCUT2D eigenvalue weighted by molar-refractivity contribution is -0.151. The highest BCUT2D eigenvalue weighted by Crippen LogP contribution is 2.46. The number of esters is 2. The van der Waals surface area contributed by atoms with Crippen LogP contribution in [0, 0.1) is 11.8 Å². The summed E-state index contributed by atoms with van der Waals surface area (Å²) in [6.45, 7) is 6.41. The predicted molar refractivity (Wildman–Crippen MR) is 127 cm³/mol. The van der Waals surface area contributed by atoms with E-state index in [2.05, 4.69) is 5.32 Å². The maximum absolute atomic E-state index is 13.7. The standard InChI is InChI=1S/C26H33NO8/c1-6-9-34-10-11-35-26(31)21-15(3)27-17-12-14(2)20(25(30)33-5)24(29)23(17)22(21)16-7-8-19(32-4)18(28)13-16/h7-8,13-14,20,22,27-28H,6,9-12H2,1-5H3/t14-,20+,22-/m0/s1. The molecule has 1 aliphatic heterocycles. The lowest BCUT2D eigenvalue weighted by Crippen LogP contribution is -2.43. The number of nitrogens with one attached hydrogen (secondary N) is 1. The van der Waals surface area contributed by atoms with Crippen LogP contribution in [-0.4, -0.2) is 56.9 Å². The van der Waals surface area contributed by atoms with Crippen molar-refractivity contribution in [3.63, 3.8) is 0 Å². The number of carbonyl (C=O) groups is 3. The van der Waals surface area contributed by atoms with E-state index >= 15 is 0 Å². The highest BCUT2D eigenvalue weighted by atomic mass is 16.6. The van der Waals surface area contributed by atoms with E-state index in [4.69, 9.17) is 18.9 Å². The summed E-state index contributed by atoms with van der Waals surface area (Å²) in [6, 6.07) is 4.71. The van der Waals surface area contributed by atoms with Gasteiger partial charge < -0.3 is 29.4 Å². The number of benzene rings is 1. The molecule has 9 nitrogen and oxygen atoms in total. The number of ether oxygens (including phenoxy) is 4. The first-order valence-electron chi connectivity index (χ1n) is 11.7. The van der Waals surface area contributed by atoms with E-state index < -0.39 is 29.6 Å². The molecule has 2 aliphatic rings. The van der Waals surface area contributed by atoms with Gasteiger partial charge in [0, 0.05) is 29.5 Å². The SMILES string of the molecule is CCCOCCOC(=O)C1=C(C)NC2=C(C(=O)[C@H](C(=O)OC)[C@@H](C)C2)[C@H]1c1ccc(OC)c(O)c1. The van der Waals surface area contributed by atoms with Gasteiger partial charge in [-0.1, -0.05) is 19.9 Å². The third kappa shape index (κ3) is 5.35. The highest BCUT2D eigenvalue weighted by Gasteiger charge is 2.47. The van der Waals surface area contributed by atoms with Gasteiger partial charge in [0.1, 0.15) is 12.5 Å². The van der Waals surface area contributed by atoms with Crippen molar-refractivity contribution in [3.8, 4) is 11.5 Å². The summed E-state index contributed by atoms with van der Waals surface area (Å²) in [5.41, 5.74) is 2.21. The molecule has 3 atom stereocenters. The Bertz CT molecular complexity index is 1060. The largest absolute Gasteiger partial charge is 0.504 e. The molecule has 190 valence electrons. The van der Waals surface area contributed by atoms with Gasteiger partial charge in [-0.25, -0.2) is 4.79 Å². The van der Waals surface area contributed by atoms with E-state index in [9.17, 15) is 19.5 Å². The van der Waals surface area contributed by atoms with Gasteiger partial charge in [0.2, 0.25) is 0 Å². The fourth-order valence-electron chi connectivity index (χ4n) is 4.69. The lowest BCUT2D eigenvalue weighted by Gasteiger charge is -2.38. The van der Waals surface area contributed by atoms with Crippen LogP contribution in [0.25, 0.3) is 0 Å². The molecule has 1 heterocycles. The second-order valence-electron chi connectivity index (χ2n) is 8.71. The number of allylic oxidation sites excluding steroid dienone is 3. The van der Waals surface area contributed by atoms with Crippen molar-refractivity contribution in [2.45, 2.75) is 39.5 Å². The molecule has 0 bridgehead atoms. The number of phenolic OH excluding ortho intramolecular Hbond substituents is 1. The molecule has 0 saturated carbocycles. The molecule has 0 aromatic heterocycles. The van der Waals surface area contributed by atoms with Gasteiger partial charge >= 0.3 is 11.9 Å². The molecule has 1 aliphatic carbocycles. The van der Waals surface area contributed by atoms with E-state index in [1.54, 1.807) is 19.1 Å². The van der Waals surface area contributed by atoms with Gasteiger partial charge in [-0.3, -0.25) is 9.59 Å². The maximum Gasteiger partial charge on any atom is 0.336 e. The molecule has 0 amide bonds. The summed E-state index contributed by atoms with van der Waals surface area (Å²) in [7, 11) is 2.68. The van der Waals surface area contributed by atoms with Crippen molar-refractivity contribution in [2.24, 2.45) is 11.8 Å². The predicted octanol–water partition coefficient (Wildman–Crippen LogP) is 2.98. The summed E-state index contributed by atoms with van der Waals surface area (Å²) >= 11 is 0. The fourth-order valence-corrected chi connectivity index (χ4v) is 4.69. The summed E-state index contributed by atoms with van der Waals surface area (Å²) in [4.78, 5) is 39.4. The van der Waals surface area contributed by atoms with E-state index in [0.29, 0.717) is 35.6 Å². The zero-order chi connectivity index (χ0) is 25.7. The smallest absolute Gasteiger partial charge is 0.336 e. The number of rotatable bonds is 9. The van der Waals surface area contributed by atoms with Crippen LogP contribution in [0.4, 0.5) is 0 Å². The number of methoxy groups -OCH3 is 2. The van der Waals surface area contributed by atoms with Crippen molar-refractivity contribution in [1.29, 1.82) is 0 Å². The topological polar surface area (TPSA) is 120 Å². The maximum atomic E-state index is 13.7. The highest BCUT2D eigenvalue weighted by molar-refractivity contribution is 6.12. The second kappa shape index (κ2) is 11.4. The molecule has 3 rings (SSSR count). The van der Waals surface area contributed by atoms with Crippen LogP contribution in [0.1, 0.15) is 45.1 Å². The van der Waals surface area contributed by atoms with Gasteiger partial charge in [-0.2, -0.15) is 0 Å². The van der Waals surface area contributed by atoms with Crippen molar-refractivity contribution in [1.82, 2.24) is 5.32 Å². The van der Waals surface area contributed by atoms with Crippen molar-refractivity contribution in [2.75, 3.05) is 34.0 Å². The lowest BCUT2D eigenvalue weighted by atomic mass is 9.69. The fraction of sp³-hybridized carbons (Fsp3) is 0.500. The Morgan fingerprint density at radius 1 is 1.17 bits per heavy atom. The van der Waals surface area contributed by atoms with Crippen molar-refractivity contribution in [3.05, 3.63) is 46.3 Å². The first-order chi connectivity index (χ1) is 16.7. The third-order valence-electron chi connectivity index (χ3n) is 6.31. The Morgan fingerprint density at radius 3 is 2.54 bits per heavy atom. The molecular formula is C26H33NO8. The molecule has 0 radical (unpaired) electrons. The first-order valence-corrected chi connectivity index (χ1v) is 11.7. The van der Waals surface area contributed by atoms with Crippen LogP contribution in [0.3, 0.4) is 0 Å². The van der Waals surface area contributed by atoms with Crippen LogP contribution < -0.4 is 10.1 Å². The number of hydrogen-bond acceptors (Lipinski definition) is 9. The average Bonchev–Trinajstić information content (AvgIpc) is 2.82. The number of Topliss-reactive ketones (excluding diaryl/α,β-unsaturated/α-hetero) is 1. The Kier molecular flexibility index (Phi) is 8.56. The van der Waals surface area contributed by atoms with Crippen LogP contribution >= 0.6 is 0 Å². The van der Waals surface area contributed by atoms with Gasteiger partial charge in [0.15, 0.2) is 17.3 Å². The number of phenols is 1. The molecule has 0 fully saturated rings. The summed E-state index contributed by atoms with van der Waals surface area (Å²) in [5, 5.41) is 13.7. The quantitative estimate of drug-likeness (QED) is 0.308. The number of ketones is 1. The number of carbonyl (C=O) groups excluding carboxylic acids is 3. The Hall–Kier alpha value is -3.33. The van der Waals surface area contributed by atoms with Crippen LogP contribution in [0.2, 0.25) is 0 Å². The normalized spacial score (nSPS) is 21.9. The average molecular weight is 488 g/mol.